The van der Waals surface area contributed by atoms with Gasteiger partial charge in [0.15, 0.2) is 6.10 Å². The lowest BCUT2D eigenvalue weighted by molar-refractivity contribution is -0.139. The molecule has 1 amide bonds. The van der Waals surface area contributed by atoms with Crippen LogP contribution in [0.1, 0.15) is 45.1 Å². The first kappa shape index (κ1) is 17.8. The van der Waals surface area contributed by atoms with Crippen molar-refractivity contribution in [2.75, 3.05) is 26.7 Å². The molecule has 4 heteroatoms. The molecule has 1 saturated heterocycles. The molecule has 1 aromatic carbocycles. The largest absolute Gasteiger partial charge is 0.481 e. The number of carbonyl (C=O) groups is 1. The Kier molecular flexibility index (Phi) is 6.46. The number of carbonyl (C=O) groups excluding carboxylic acids is 1. The van der Waals surface area contributed by atoms with Gasteiger partial charge in [0.2, 0.25) is 0 Å². The van der Waals surface area contributed by atoms with Crippen LogP contribution in [0.2, 0.25) is 0 Å². The van der Waals surface area contributed by atoms with Crippen LogP contribution in [-0.2, 0) is 4.79 Å². The first-order valence-electron chi connectivity index (χ1n) is 8.71. The second-order valence-electron chi connectivity index (χ2n) is 6.84. The molecule has 0 aromatic heterocycles. The van der Waals surface area contributed by atoms with E-state index in [9.17, 15) is 4.79 Å². The van der Waals surface area contributed by atoms with Gasteiger partial charge < -0.3 is 15.0 Å². The average molecular weight is 318 g/mol. The highest BCUT2D eigenvalue weighted by Gasteiger charge is 2.27. The van der Waals surface area contributed by atoms with Gasteiger partial charge in [0.1, 0.15) is 5.75 Å². The van der Waals surface area contributed by atoms with E-state index >= 15 is 0 Å². The fourth-order valence-corrected chi connectivity index (χ4v) is 3.18. The van der Waals surface area contributed by atoms with Crippen LogP contribution in [0.15, 0.2) is 24.3 Å². The minimum atomic E-state index is -0.439. The van der Waals surface area contributed by atoms with Crippen molar-refractivity contribution in [1.29, 1.82) is 0 Å². The Morgan fingerprint density at radius 3 is 2.87 bits per heavy atom. The Bertz CT molecular complexity index is 514. The van der Waals surface area contributed by atoms with E-state index in [-0.39, 0.29) is 5.91 Å². The highest BCUT2D eigenvalue weighted by Crippen LogP contribution is 2.22. The topological polar surface area (TPSA) is 41.6 Å². The summed E-state index contributed by atoms with van der Waals surface area (Å²) in [6.45, 7) is 8.81. The molecule has 0 spiro atoms. The van der Waals surface area contributed by atoms with E-state index in [1.807, 2.05) is 37.1 Å². The lowest BCUT2D eigenvalue weighted by Gasteiger charge is -2.34. The second kappa shape index (κ2) is 8.34. The van der Waals surface area contributed by atoms with Gasteiger partial charge in [0.05, 0.1) is 0 Å². The monoisotopic (exact) mass is 318 g/mol. The molecule has 1 aromatic rings. The Hall–Kier alpha value is -1.55. The standard InChI is InChI=1S/C19H30N2O2/c1-14(2)17-8-5-9-18(11-17)23-15(3)19(22)21-10-6-7-16(13-21)12-20-4/h5,8-9,11,14-16,20H,6-7,10,12-13H2,1-4H3. The van der Waals surface area contributed by atoms with Crippen molar-refractivity contribution in [3.63, 3.8) is 0 Å². The van der Waals surface area contributed by atoms with Gasteiger partial charge in [-0.3, -0.25) is 4.79 Å². The SMILES string of the molecule is CNCC1CCCN(C(=O)C(C)Oc2cccc(C(C)C)c2)C1. The molecular formula is C19H30N2O2. The van der Waals surface area contributed by atoms with Gasteiger partial charge in [-0.25, -0.2) is 0 Å². The number of piperidine rings is 1. The molecule has 128 valence electrons. The minimum Gasteiger partial charge on any atom is -0.481 e. The number of amides is 1. The number of nitrogens with one attached hydrogen (secondary N) is 1. The number of likely N-dealkylation sites (tertiary alicyclic amines) is 1. The normalized spacial score (nSPS) is 19.7. The third kappa shape index (κ3) is 4.96. The van der Waals surface area contributed by atoms with Gasteiger partial charge in [-0.15, -0.1) is 0 Å². The molecule has 1 heterocycles. The van der Waals surface area contributed by atoms with Crippen LogP contribution in [0.25, 0.3) is 0 Å². The quantitative estimate of drug-likeness (QED) is 0.876. The maximum atomic E-state index is 12.7. The van der Waals surface area contributed by atoms with Crippen molar-refractivity contribution in [2.45, 2.75) is 45.6 Å². The van der Waals surface area contributed by atoms with Gasteiger partial charge in [0.25, 0.3) is 5.91 Å². The molecule has 0 aliphatic carbocycles. The van der Waals surface area contributed by atoms with Gasteiger partial charge in [-0.2, -0.15) is 0 Å². The van der Waals surface area contributed by atoms with Crippen molar-refractivity contribution >= 4 is 5.91 Å². The third-order valence-corrected chi connectivity index (χ3v) is 4.51. The van der Waals surface area contributed by atoms with E-state index in [2.05, 4.69) is 25.2 Å². The van der Waals surface area contributed by atoms with Crippen LogP contribution in [0.3, 0.4) is 0 Å². The predicted molar refractivity (Wildman–Crippen MR) is 93.9 cm³/mol. The van der Waals surface area contributed by atoms with Crippen LogP contribution in [0, 0.1) is 5.92 Å². The van der Waals surface area contributed by atoms with Gasteiger partial charge >= 0.3 is 0 Å². The Labute approximate surface area is 140 Å². The number of hydrogen-bond acceptors (Lipinski definition) is 3. The molecule has 2 rings (SSSR count). The Morgan fingerprint density at radius 2 is 2.17 bits per heavy atom. The maximum absolute atomic E-state index is 12.7. The molecule has 1 aliphatic heterocycles. The van der Waals surface area contributed by atoms with Crippen molar-refractivity contribution < 1.29 is 9.53 Å². The molecule has 0 bridgehead atoms. The molecule has 1 aliphatic rings. The molecule has 4 nitrogen and oxygen atoms in total. The molecular weight excluding hydrogens is 288 g/mol. The molecule has 2 atom stereocenters. The van der Waals surface area contributed by atoms with E-state index < -0.39 is 6.10 Å². The van der Waals surface area contributed by atoms with E-state index in [1.165, 1.54) is 12.0 Å². The van der Waals surface area contributed by atoms with Crippen LogP contribution in [-0.4, -0.2) is 43.6 Å². The third-order valence-electron chi connectivity index (χ3n) is 4.51. The highest BCUT2D eigenvalue weighted by molar-refractivity contribution is 5.81. The van der Waals surface area contributed by atoms with Crippen LogP contribution >= 0.6 is 0 Å². The second-order valence-corrected chi connectivity index (χ2v) is 6.84. The van der Waals surface area contributed by atoms with E-state index in [1.54, 1.807) is 0 Å². The summed E-state index contributed by atoms with van der Waals surface area (Å²) in [5.41, 5.74) is 1.23. The number of benzene rings is 1. The Morgan fingerprint density at radius 1 is 1.39 bits per heavy atom. The van der Waals surface area contributed by atoms with Crippen LogP contribution in [0.5, 0.6) is 5.75 Å². The van der Waals surface area contributed by atoms with Gasteiger partial charge in [-0.1, -0.05) is 26.0 Å². The molecule has 2 unspecified atom stereocenters. The Balaban J connectivity index is 1.95. The van der Waals surface area contributed by atoms with Crippen molar-refractivity contribution in [1.82, 2.24) is 10.2 Å². The zero-order chi connectivity index (χ0) is 16.8. The number of hydrogen-bond donors (Lipinski definition) is 1. The lowest BCUT2D eigenvalue weighted by atomic mass is 9.97. The summed E-state index contributed by atoms with van der Waals surface area (Å²) in [4.78, 5) is 14.6. The van der Waals surface area contributed by atoms with Gasteiger partial charge in [-0.05, 0) is 62.9 Å². The first-order chi connectivity index (χ1) is 11.0. The molecule has 0 saturated carbocycles. The van der Waals surface area contributed by atoms with Crippen molar-refractivity contribution in [2.24, 2.45) is 5.92 Å². The summed E-state index contributed by atoms with van der Waals surface area (Å²) in [6, 6.07) is 8.05. The highest BCUT2D eigenvalue weighted by atomic mass is 16.5. The fraction of sp³-hybridized carbons (Fsp3) is 0.632. The summed E-state index contributed by atoms with van der Waals surface area (Å²) in [6.07, 6.45) is 1.83. The molecule has 1 fully saturated rings. The first-order valence-corrected chi connectivity index (χ1v) is 8.71. The zero-order valence-electron chi connectivity index (χ0n) is 14.8. The van der Waals surface area contributed by atoms with Crippen LogP contribution in [0.4, 0.5) is 0 Å². The van der Waals surface area contributed by atoms with E-state index in [0.717, 1.165) is 31.8 Å². The van der Waals surface area contributed by atoms with E-state index in [0.29, 0.717) is 11.8 Å². The summed E-state index contributed by atoms with van der Waals surface area (Å²) in [5, 5.41) is 3.21. The van der Waals surface area contributed by atoms with Crippen LogP contribution < -0.4 is 10.1 Å². The predicted octanol–water partition coefficient (Wildman–Crippen LogP) is 3.04. The summed E-state index contributed by atoms with van der Waals surface area (Å²) >= 11 is 0. The summed E-state index contributed by atoms with van der Waals surface area (Å²) in [5.74, 6) is 1.88. The lowest BCUT2D eigenvalue weighted by Crippen LogP contribution is -2.47. The van der Waals surface area contributed by atoms with E-state index in [4.69, 9.17) is 4.74 Å². The number of rotatable bonds is 6. The minimum absolute atomic E-state index is 0.0979. The number of ether oxygens (including phenoxy) is 1. The number of nitrogens with zero attached hydrogens (tertiary/aromatic N) is 1. The molecule has 23 heavy (non-hydrogen) atoms. The fourth-order valence-electron chi connectivity index (χ4n) is 3.18. The average Bonchev–Trinajstić information content (AvgIpc) is 2.55. The zero-order valence-corrected chi connectivity index (χ0v) is 14.8. The maximum Gasteiger partial charge on any atom is 0.263 e. The summed E-state index contributed by atoms with van der Waals surface area (Å²) in [7, 11) is 1.97. The molecule has 1 N–H and O–H groups in total. The molecule has 0 radical (unpaired) electrons. The van der Waals surface area contributed by atoms with Crippen molar-refractivity contribution in [3.8, 4) is 5.75 Å². The smallest absolute Gasteiger partial charge is 0.263 e. The van der Waals surface area contributed by atoms with Crippen molar-refractivity contribution in [3.05, 3.63) is 29.8 Å². The van der Waals surface area contributed by atoms with Gasteiger partial charge in [0, 0.05) is 13.1 Å². The summed E-state index contributed by atoms with van der Waals surface area (Å²) < 4.78 is 5.91.